The molecule has 0 spiro atoms. The average Bonchev–Trinajstić information content (AvgIpc) is 2.41. The molecule has 0 atom stereocenters. The summed E-state index contributed by atoms with van der Waals surface area (Å²) in [5, 5.41) is 17.8. The number of carbonyl (C=O) groups is 1. The van der Waals surface area contributed by atoms with E-state index in [9.17, 15) is 4.79 Å². The normalized spacial score (nSPS) is 9.11. The minimum absolute atomic E-state index is 0.0487. The van der Waals surface area contributed by atoms with Crippen LogP contribution in [0, 0.1) is 11.3 Å². The lowest BCUT2D eigenvalue weighted by Crippen LogP contribution is -2.31. The van der Waals surface area contributed by atoms with Crippen molar-refractivity contribution in [2.24, 2.45) is 0 Å². The van der Waals surface area contributed by atoms with E-state index in [1.807, 2.05) is 38.1 Å². The molecule has 0 aliphatic rings. The highest BCUT2D eigenvalue weighted by atomic mass is 16.1. The van der Waals surface area contributed by atoms with E-state index in [-0.39, 0.29) is 5.57 Å². The minimum Gasteiger partial charge on any atom is -0.371 e. The standard InChI is InChI=1S/C14H18N4O/c1-3-16-13(17-4-2)12(10-15)14(19)18-11-8-6-5-7-9-11/h5-9,16-17H,3-4H2,1-2H3,(H,18,19). The lowest BCUT2D eigenvalue weighted by molar-refractivity contribution is -0.112. The Morgan fingerprint density at radius 2 is 1.74 bits per heavy atom. The SMILES string of the molecule is CCNC(NCC)=C(C#N)C(=O)Nc1ccccc1. The van der Waals surface area contributed by atoms with Gasteiger partial charge in [0.25, 0.3) is 5.91 Å². The van der Waals surface area contributed by atoms with E-state index in [4.69, 9.17) is 5.26 Å². The number of hydrogen-bond acceptors (Lipinski definition) is 4. The van der Waals surface area contributed by atoms with E-state index in [2.05, 4.69) is 16.0 Å². The lowest BCUT2D eigenvalue weighted by atomic mass is 10.2. The quantitative estimate of drug-likeness (QED) is 0.535. The summed E-state index contributed by atoms with van der Waals surface area (Å²) in [7, 11) is 0. The molecule has 0 aliphatic carbocycles. The summed E-state index contributed by atoms with van der Waals surface area (Å²) in [4.78, 5) is 12.1. The summed E-state index contributed by atoms with van der Waals surface area (Å²) < 4.78 is 0. The van der Waals surface area contributed by atoms with Gasteiger partial charge in [-0.2, -0.15) is 5.26 Å². The molecule has 0 bridgehead atoms. The molecule has 1 aromatic carbocycles. The van der Waals surface area contributed by atoms with Gasteiger partial charge in [-0.25, -0.2) is 0 Å². The highest BCUT2D eigenvalue weighted by Crippen LogP contribution is 2.08. The molecule has 0 unspecified atom stereocenters. The van der Waals surface area contributed by atoms with Crippen LogP contribution in [0.25, 0.3) is 0 Å². The largest absolute Gasteiger partial charge is 0.371 e. The van der Waals surface area contributed by atoms with Crippen molar-refractivity contribution in [2.45, 2.75) is 13.8 Å². The van der Waals surface area contributed by atoms with Gasteiger partial charge in [0.1, 0.15) is 11.9 Å². The first kappa shape index (κ1) is 14.6. The Hall–Kier alpha value is -2.48. The van der Waals surface area contributed by atoms with Crippen LogP contribution >= 0.6 is 0 Å². The summed E-state index contributed by atoms with van der Waals surface area (Å²) in [6, 6.07) is 11.0. The molecule has 1 rings (SSSR count). The maximum absolute atomic E-state index is 12.1. The van der Waals surface area contributed by atoms with Crippen molar-refractivity contribution < 1.29 is 4.79 Å². The van der Waals surface area contributed by atoms with Crippen LogP contribution in [0.2, 0.25) is 0 Å². The molecule has 0 fully saturated rings. The fourth-order valence-corrected chi connectivity index (χ4v) is 1.53. The first-order valence-electron chi connectivity index (χ1n) is 6.21. The molecule has 5 nitrogen and oxygen atoms in total. The molecule has 19 heavy (non-hydrogen) atoms. The van der Waals surface area contributed by atoms with Gasteiger partial charge < -0.3 is 16.0 Å². The first-order valence-corrected chi connectivity index (χ1v) is 6.21. The zero-order valence-corrected chi connectivity index (χ0v) is 11.2. The third-order valence-electron chi connectivity index (χ3n) is 2.33. The number of para-hydroxylation sites is 1. The predicted molar refractivity (Wildman–Crippen MR) is 75.1 cm³/mol. The van der Waals surface area contributed by atoms with E-state index in [1.165, 1.54) is 0 Å². The number of anilines is 1. The predicted octanol–water partition coefficient (Wildman–Crippen LogP) is 1.58. The number of hydrogen-bond donors (Lipinski definition) is 3. The van der Waals surface area contributed by atoms with Crippen LogP contribution in [0.15, 0.2) is 41.7 Å². The molecule has 100 valence electrons. The smallest absolute Gasteiger partial charge is 0.270 e. The topological polar surface area (TPSA) is 76.9 Å². The van der Waals surface area contributed by atoms with Gasteiger partial charge in [0.15, 0.2) is 5.57 Å². The first-order chi connectivity index (χ1) is 9.22. The minimum atomic E-state index is -0.425. The van der Waals surface area contributed by atoms with E-state index in [1.54, 1.807) is 12.1 Å². The summed E-state index contributed by atoms with van der Waals surface area (Å²) in [6.45, 7) is 5.07. The van der Waals surface area contributed by atoms with Gasteiger partial charge in [-0.3, -0.25) is 4.79 Å². The molecule has 0 saturated heterocycles. The fraction of sp³-hybridized carbons (Fsp3) is 0.286. The summed E-state index contributed by atoms with van der Waals surface area (Å²) in [5.41, 5.74) is 0.708. The van der Waals surface area contributed by atoms with E-state index in [0.717, 1.165) is 0 Å². The number of benzene rings is 1. The monoisotopic (exact) mass is 258 g/mol. The molecule has 5 heteroatoms. The van der Waals surface area contributed by atoms with Gasteiger partial charge in [-0.15, -0.1) is 0 Å². The van der Waals surface area contributed by atoms with Crippen molar-refractivity contribution in [3.05, 3.63) is 41.7 Å². The highest BCUT2D eigenvalue weighted by Gasteiger charge is 2.15. The van der Waals surface area contributed by atoms with Crippen LogP contribution in [0.3, 0.4) is 0 Å². The maximum atomic E-state index is 12.1. The van der Waals surface area contributed by atoms with E-state index >= 15 is 0 Å². The zero-order valence-electron chi connectivity index (χ0n) is 11.2. The molecule has 1 aromatic rings. The van der Waals surface area contributed by atoms with Crippen LogP contribution in [-0.4, -0.2) is 19.0 Å². The van der Waals surface area contributed by atoms with Gasteiger partial charge in [0.05, 0.1) is 0 Å². The third kappa shape index (κ3) is 4.36. The number of amides is 1. The lowest BCUT2D eigenvalue weighted by Gasteiger charge is -2.13. The Balaban J connectivity index is 2.92. The average molecular weight is 258 g/mol. The third-order valence-corrected chi connectivity index (χ3v) is 2.33. The van der Waals surface area contributed by atoms with Crippen molar-refractivity contribution in [3.63, 3.8) is 0 Å². The van der Waals surface area contributed by atoms with Gasteiger partial charge in [0.2, 0.25) is 0 Å². The van der Waals surface area contributed by atoms with Gasteiger partial charge >= 0.3 is 0 Å². The number of nitrogens with one attached hydrogen (secondary N) is 3. The van der Waals surface area contributed by atoms with E-state index in [0.29, 0.717) is 24.6 Å². The molecule has 0 radical (unpaired) electrons. The highest BCUT2D eigenvalue weighted by molar-refractivity contribution is 6.07. The molecule has 0 saturated carbocycles. The van der Waals surface area contributed by atoms with Crippen LogP contribution < -0.4 is 16.0 Å². The number of nitriles is 1. The van der Waals surface area contributed by atoms with Crippen LogP contribution in [0.4, 0.5) is 5.69 Å². The maximum Gasteiger partial charge on any atom is 0.270 e. The zero-order chi connectivity index (χ0) is 14.1. The van der Waals surface area contributed by atoms with E-state index < -0.39 is 5.91 Å². The number of nitrogens with zero attached hydrogens (tertiary/aromatic N) is 1. The second-order valence-corrected chi connectivity index (χ2v) is 3.74. The number of rotatable bonds is 6. The Labute approximate surface area is 113 Å². The van der Waals surface area contributed by atoms with Crippen LogP contribution in [0.5, 0.6) is 0 Å². The van der Waals surface area contributed by atoms with Gasteiger partial charge in [-0.1, -0.05) is 18.2 Å². The fourth-order valence-electron chi connectivity index (χ4n) is 1.53. The van der Waals surface area contributed by atoms with Crippen molar-refractivity contribution in [2.75, 3.05) is 18.4 Å². The molecule has 3 N–H and O–H groups in total. The molecule has 0 heterocycles. The van der Waals surface area contributed by atoms with Crippen molar-refractivity contribution in [1.82, 2.24) is 10.6 Å². The Bertz CT molecular complexity index is 480. The molecular formula is C14H18N4O. The van der Waals surface area contributed by atoms with Gasteiger partial charge in [-0.05, 0) is 26.0 Å². The van der Waals surface area contributed by atoms with Crippen molar-refractivity contribution in [3.8, 4) is 6.07 Å². The molecule has 1 amide bonds. The molecule has 0 aromatic heterocycles. The van der Waals surface area contributed by atoms with Crippen LogP contribution in [-0.2, 0) is 4.79 Å². The second-order valence-electron chi connectivity index (χ2n) is 3.74. The second kappa shape index (κ2) is 7.77. The van der Waals surface area contributed by atoms with Gasteiger partial charge in [0, 0.05) is 18.8 Å². The Morgan fingerprint density at radius 3 is 2.21 bits per heavy atom. The summed E-state index contributed by atoms with van der Waals surface area (Å²) in [6.07, 6.45) is 0. The molecule has 0 aliphatic heterocycles. The number of carbonyl (C=O) groups excluding carboxylic acids is 1. The Morgan fingerprint density at radius 1 is 1.16 bits per heavy atom. The van der Waals surface area contributed by atoms with Crippen molar-refractivity contribution >= 4 is 11.6 Å². The summed E-state index contributed by atoms with van der Waals surface area (Å²) in [5.74, 6) is 0.0338. The van der Waals surface area contributed by atoms with Crippen LogP contribution in [0.1, 0.15) is 13.8 Å². The molecular weight excluding hydrogens is 240 g/mol. The summed E-state index contributed by atoms with van der Waals surface area (Å²) >= 11 is 0. The van der Waals surface area contributed by atoms with Crippen molar-refractivity contribution in [1.29, 1.82) is 5.26 Å². The Kier molecular flexibility index (Phi) is 5.96.